The van der Waals surface area contributed by atoms with Gasteiger partial charge in [0.15, 0.2) is 11.3 Å². The number of carbonyl (C=O) groups is 1. The number of hydrogen-bond donors (Lipinski definition) is 0. The molecular weight excluding hydrogens is 309 g/mol. The topological polar surface area (TPSA) is 54.0 Å². The van der Waals surface area contributed by atoms with Crippen molar-refractivity contribution in [2.24, 2.45) is 0 Å². The Morgan fingerprint density at radius 2 is 1.81 bits per heavy atom. The van der Waals surface area contributed by atoms with Crippen molar-refractivity contribution in [3.63, 3.8) is 0 Å². The molecule has 0 saturated heterocycles. The molecule has 0 N–H and O–H groups in total. The third-order valence-corrected chi connectivity index (χ3v) is 3.53. The molecule has 1 aromatic heterocycles. The van der Waals surface area contributed by atoms with Crippen LogP contribution in [0.4, 0.5) is 0 Å². The lowest BCUT2D eigenvalue weighted by Crippen LogP contribution is -1.99. The maximum Gasteiger partial charge on any atom is 0.228 e. The molecule has 0 fully saturated rings. The van der Waals surface area contributed by atoms with Gasteiger partial charge in [0.25, 0.3) is 0 Å². The summed E-state index contributed by atoms with van der Waals surface area (Å²) in [5.41, 5.74) is 1.36. The van der Waals surface area contributed by atoms with E-state index in [-0.39, 0.29) is 11.5 Å². The second-order valence-electron chi connectivity index (χ2n) is 4.43. The lowest BCUT2D eigenvalue weighted by atomic mass is 10.1. The van der Waals surface area contributed by atoms with Crippen molar-refractivity contribution < 1.29 is 9.21 Å². The highest BCUT2D eigenvalue weighted by Gasteiger charge is 2.16. The number of nitrogens with zero attached hydrogens (tertiary/aromatic N) is 1. The fourth-order valence-corrected chi connectivity index (χ4v) is 2.57. The van der Waals surface area contributed by atoms with Crippen LogP contribution in [0.5, 0.6) is 0 Å². The van der Waals surface area contributed by atoms with E-state index in [1.165, 1.54) is 0 Å². The minimum Gasteiger partial charge on any atom is -0.451 e. The zero-order valence-corrected chi connectivity index (χ0v) is 12.1. The van der Waals surface area contributed by atoms with Gasteiger partial charge < -0.3 is 4.42 Å². The van der Waals surface area contributed by atoms with Crippen LogP contribution in [0.25, 0.3) is 11.0 Å². The number of halogens is 2. The molecule has 0 radical (unpaired) electrons. The summed E-state index contributed by atoms with van der Waals surface area (Å²) in [6.45, 7) is 0. The fraction of sp³-hybridized carbons (Fsp3) is 0. The molecule has 102 valence electrons. The van der Waals surface area contributed by atoms with E-state index in [2.05, 4.69) is 0 Å². The first-order valence-corrected chi connectivity index (χ1v) is 6.77. The van der Waals surface area contributed by atoms with Crippen LogP contribution in [0.2, 0.25) is 10.0 Å². The van der Waals surface area contributed by atoms with Crippen LogP contribution >= 0.6 is 23.2 Å². The summed E-state index contributed by atoms with van der Waals surface area (Å²) in [5, 5.41) is 10.3. The van der Waals surface area contributed by atoms with E-state index >= 15 is 0 Å². The normalized spacial score (nSPS) is 10.5. The molecule has 0 atom stereocenters. The average molecular weight is 316 g/mol. The molecule has 0 unspecified atom stereocenters. The highest BCUT2D eigenvalue weighted by molar-refractivity contribution is 6.38. The maximum absolute atomic E-state index is 12.4. The largest absolute Gasteiger partial charge is 0.451 e. The van der Waals surface area contributed by atoms with Gasteiger partial charge in [0.1, 0.15) is 0 Å². The number of hydrogen-bond acceptors (Lipinski definition) is 3. The van der Waals surface area contributed by atoms with Crippen molar-refractivity contribution in [1.29, 1.82) is 5.26 Å². The van der Waals surface area contributed by atoms with Crippen LogP contribution < -0.4 is 0 Å². The summed E-state index contributed by atoms with van der Waals surface area (Å²) in [5.74, 6) is -0.0956. The third-order valence-electron chi connectivity index (χ3n) is 3.04. The molecule has 21 heavy (non-hydrogen) atoms. The molecule has 5 heteroatoms. The van der Waals surface area contributed by atoms with Crippen molar-refractivity contribution in [2.75, 3.05) is 0 Å². The van der Waals surface area contributed by atoms with E-state index in [9.17, 15) is 4.79 Å². The molecule has 0 aliphatic carbocycles. The van der Waals surface area contributed by atoms with Crippen LogP contribution in [-0.4, -0.2) is 5.78 Å². The fourth-order valence-electron chi connectivity index (χ4n) is 2.03. The Bertz CT molecular complexity index is 889. The van der Waals surface area contributed by atoms with Gasteiger partial charge in [-0.05, 0) is 42.5 Å². The van der Waals surface area contributed by atoms with E-state index in [1.807, 2.05) is 6.07 Å². The number of rotatable bonds is 2. The minimum atomic E-state index is -0.275. The molecule has 0 saturated carbocycles. The quantitative estimate of drug-likeness (QED) is 0.636. The van der Waals surface area contributed by atoms with Crippen molar-refractivity contribution in [3.05, 3.63) is 69.4 Å². The summed E-state index contributed by atoms with van der Waals surface area (Å²) in [4.78, 5) is 12.4. The zero-order valence-electron chi connectivity index (χ0n) is 10.6. The average Bonchev–Trinajstić information content (AvgIpc) is 2.91. The monoisotopic (exact) mass is 315 g/mol. The summed E-state index contributed by atoms with van der Waals surface area (Å²) in [6.07, 6.45) is 0. The van der Waals surface area contributed by atoms with Crippen molar-refractivity contribution in [3.8, 4) is 6.07 Å². The molecule has 0 aliphatic heterocycles. The third kappa shape index (κ3) is 2.52. The van der Waals surface area contributed by atoms with E-state index in [1.54, 1.807) is 42.5 Å². The van der Waals surface area contributed by atoms with Crippen molar-refractivity contribution in [1.82, 2.24) is 0 Å². The number of fused-ring (bicyclic) bond motifs is 1. The van der Waals surface area contributed by atoms with E-state index in [0.29, 0.717) is 32.1 Å². The predicted octanol–water partition coefficient (Wildman–Crippen LogP) is 4.84. The molecule has 3 nitrogen and oxygen atoms in total. The van der Waals surface area contributed by atoms with E-state index in [0.717, 1.165) is 0 Å². The minimum absolute atomic E-state index is 0.180. The van der Waals surface area contributed by atoms with Gasteiger partial charge in [0.05, 0.1) is 16.7 Å². The molecule has 3 rings (SSSR count). The van der Waals surface area contributed by atoms with Gasteiger partial charge in [-0.3, -0.25) is 4.79 Å². The Labute approximate surface area is 130 Å². The van der Waals surface area contributed by atoms with Gasteiger partial charge in [-0.1, -0.05) is 23.2 Å². The number of carbonyl (C=O) groups excluding carboxylic acids is 1. The van der Waals surface area contributed by atoms with Gasteiger partial charge in [-0.25, -0.2) is 0 Å². The van der Waals surface area contributed by atoms with Crippen molar-refractivity contribution >= 4 is 40.0 Å². The number of nitriles is 1. The lowest BCUT2D eigenvalue weighted by molar-refractivity contribution is 0.101. The Balaban J connectivity index is 2.05. The number of benzene rings is 2. The van der Waals surface area contributed by atoms with Crippen LogP contribution in [-0.2, 0) is 0 Å². The lowest BCUT2D eigenvalue weighted by Gasteiger charge is -1.97. The predicted molar refractivity (Wildman–Crippen MR) is 80.8 cm³/mol. The standard InChI is InChI=1S/C16H7Cl2NO2/c17-12-5-11-6-14(21-16(11)13(18)7-12)15(20)10-3-1-9(8-19)2-4-10/h1-7H. The van der Waals surface area contributed by atoms with Gasteiger partial charge in [-0.2, -0.15) is 5.26 Å². The van der Waals surface area contributed by atoms with E-state index in [4.69, 9.17) is 32.9 Å². The zero-order chi connectivity index (χ0) is 15.0. The number of ketones is 1. The van der Waals surface area contributed by atoms with Gasteiger partial charge in [-0.15, -0.1) is 0 Å². The molecule has 2 aromatic carbocycles. The Kier molecular flexibility index (Phi) is 3.42. The van der Waals surface area contributed by atoms with Crippen LogP contribution in [0.15, 0.2) is 46.9 Å². The molecule has 1 heterocycles. The Hall–Kier alpha value is -2.28. The summed E-state index contributed by atoms with van der Waals surface area (Å²) in [7, 11) is 0. The van der Waals surface area contributed by atoms with E-state index < -0.39 is 0 Å². The smallest absolute Gasteiger partial charge is 0.228 e. The summed E-state index contributed by atoms with van der Waals surface area (Å²) >= 11 is 12.0. The SMILES string of the molecule is N#Cc1ccc(C(=O)c2cc3cc(Cl)cc(Cl)c3o2)cc1. The first-order valence-electron chi connectivity index (χ1n) is 6.02. The molecule has 0 spiro atoms. The van der Waals surface area contributed by atoms with Crippen LogP contribution in [0, 0.1) is 11.3 Å². The molecule has 3 aromatic rings. The molecule has 0 aliphatic rings. The Morgan fingerprint density at radius 1 is 1.10 bits per heavy atom. The van der Waals surface area contributed by atoms with Crippen LogP contribution in [0.3, 0.4) is 0 Å². The molecule has 0 bridgehead atoms. The number of furan rings is 1. The second kappa shape index (κ2) is 5.25. The maximum atomic E-state index is 12.4. The van der Waals surface area contributed by atoms with Gasteiger partial charge in [0, 0.05) is 16.0 Å². The summed E-state index contributed by atoms with van der Waals surface area (Å²) in [6, 6.07) is 13.2. The first-order chi connectivity index (χ1) is 10.1. The first kappa shape index (κ1) is 13.7. The Morgan fingerprint density at radius 3 is 2.48 bits per heavy atom. The highest BCUT2D eigenvalue weighted by atomic mass is 35.5. The summed E-state index contributed by atoms with van der Waals surface area (Å²) < 4.78 is 5.52. The molecule has 0 amide bonds. The van der Waals surface area contributed by atoms with Crippen LogP contribution in [0.1, 0.15) is 21.7 Å². The van der Waals surface area contributed by atoms with Gasteiger partial charge >= 0.3 is 0 Å². The molecular formula is C16H7Cl2NO2. The second-order valence-corrected chi connectivity index (χ2v) is 5.28. The van der Waals surface area contributed by atoms with Crippen molar-refractivity contribution in [2.45, 2.75) is 0 Å². The highest BCUT2D eigenvalue weighted by Crippen LogP contribution is 2.31. The van der Waals surface area contributed by atoms with Gasteiger partial charge in [0.2, 0.25) is 5.78 Å².